The van der Waals surface area contributed by atoms with Gasteiger partial charge in [0.05, 0.1) is 0 Å². The van der Waals surface area contributed by atoms with Gasteiger partial charge >= 0.3 is 0 Å². The Balaban J connectivity index is 2.99. The molecule has 1 aromatic heterocycles. The van der Waals surface area contributed by atoms with E-state index >= 15 is 0 Å². The third kappa shape index (κ3) is 4.06. The van der Waals surface area contributed by atoms with Crippen LogP contribution >= 0.6 is 0 Å². The lowest BCUT2D eigenvalue weighted by molar-refractivity contribution is 0.535. The van der Waals surface area contributed by atoms with Gasteiger partial charge in [0.2, 0.25) is 0 Å². The lowest BCUT2D eigenvalue weighted by Crippen LogP contribution is -2.21. The van der Waals surface area contributed by atoms with Crippen molar-refractivity contribution in [3.05, 3.63) is 47.1 Å². The average Bonchev–Trinajstić information content (AvgIpc) is 2.81. The Hall–Kier alpha value is -1.50. The first-order chi connectivity index (χ1) is 8.72. The Bertz CT molecular complexity index is 502. The van der Waals surface area contributed by atoms with Gasteiger partial charge in [0.25, 0.3) is 0 Å². The molecule has 98 valence electrons. The van der Waals surface area contributed by atoms with E-state index in [1.165, 1.54) is 30.1 Å². The molecule has 1 unspecified atom stereocenters. The second-order valence-corrected chi connectivity index (χ2v) is 4.72. The Morgan fingerprint density at radius 2 is 2.17 bits per heavy atom. The maximum atomic E-state index is 3.73. The van der Waals surface area contributed by atoms with E-state index in [0.717, 1.165) is 11.3 Å². The third-order valence-corrected chi connectivity index (χ3v) is 3.40. The predicted octanol–water partition coefficient (Wildman–Crippen LogP) is 3.53. The summed E-state index contributed by atoms with van der Waals surface area (Å²) in [5.41, 5.74) is 1.48. The minimum atomic E-state index is 0.719. The second kappa shape index (κ2) is 7.75. The molecule has 1 aromatic rings. The van der Waals surface area contributed by atoms with Crippen LogP contribution in [-0.2, 0) is 0 Å². The van der Waals surface area contributed by atoms with Gasteiger partial charge in [-0.25, -0.2) is 0 Å². The monoisotopic (exact) mass is 243 g/mol. The van der Waals surface area contributed by atoms with Crippen molar-refractivity contribution >= 4 is 12.2 Å². The van der Waals surface area contributed by atoms with Crippen molar-refractivity contribution in [1.82, 2.24) is 4.98 Å². The molecule has 0 saturated carbocycles. The highest BCUT2D eigenvalue weighted by molar-refractivity contribution is 5.42. The largest absolute Gasteiger partial charge is 0.361 e. The summed E-state index contributed by atoms with van der Waals surface area (Å²) in [4.78, 5) is 3.21. The van der Waals surface area contributed by atoms with Crippen LogP contribution in [0.4, 0.5) is 0 Å². The lowest BCUT2D eigenvalue weighted by atomic mass is 9.92. The van der Waals surface area contributed by atoms with Crippen LogP contribution in [-0.4, -0.2) is 4.98 Å². The van der Waals surface area contributed by atoms with Crippen molar-refractivity contribution in [2.24, 2.45) is 5.92 Å². The number of allylic oxidation sites excluding steroid dienone is 3. The predicted molar refractivity (Wildman–Crippen MR) is 81.6 cm³/mol. The SMILES string of the molecule is C=C/C=c1/[nH]cc/c1=C/C=C(\C)C(CC)CCC. The van der Waals surface area contributed by atoms with Gasteiger partial charge in [-0.05, 0) is 43.0 Å². The van der Waals surface area contributed by atoms with E-state index in [1.54, 1.807) is 0 Å². The maximum Gasteiger partial charge on any atom is 0.0453 e. The van der Waals surface area contributed by atoms with Crippen LogP contribution in [0.5, 0.6) is 0 Å². The smallest absolute Gasteiger partial charge is 0.0453 e. The molecule has 1 heterocycles. The summed E-state index contributed by atoms with van der Waals surface area (Å²) in [6.45, 7) is 10.5. The van der Waals surface area contributed by atoms with Crippen LogP contribution in [0.1, 0.15) is 40.0 Å². The molecule has 1 nitrogen and oxygen atoms in total. The zero-order chi connectivity index (χ0) is 13.4. The van der Waals surface area contributed by atoms with Crippen LogP contribution in [0.15, 0.2) is 36.6 Å². The molecule has 1 rings (SSSR count). The maximum absolute atomic E-state index is 3.73. The van der Waals surface area contributed by atoms with Gasteiger partial charge in [-0.15, -0.1) is 0 Å². The first-order valence-corrected chi connectivity index (χ1v) is 6.87. The van der Waals surface area contributed by atoms with Crippen LogP contribution in [0, 0.1) is 5.92 Å². The summed E-state index contributed by atoms with van der Waals surface area (Å²) in [5, 5.41) is 2.35. The normalized spacial score (nSPS) is 16.1. The van der Waals surface area contributed by atoms with Crippen LogP contribution < -0.4 is 10.6 Å². The van der Waals surface area contributed by atoms with E-state index in [-0.39, 0.29) is 0 Å². The van der Waals surface area contributed by atoms with E-state index in [9.17, 15) is 0 Å². The minimum Gasteiger partial charge on any atom is -0.361 e. The zero-order valence-electron chi connectivity index (χ0n) is 11.9. The molecule has 0 aliphatic rings. The van der Waals surface area contributed by atoms with Crippen LogP contribution in [0.2, 0.25) is 0 Å². The number of nitrogens with one attached hydrogen (secondary N) is 1. The third-order valence-electron chi connectivity index (χ3n) is 3.40. The molecule has 0 aromatic carbocycles. The number of aromatic amines is 1. The molecule has 0 radical (unpaired) electrons. The number of hydrogen-bond donors (Lipinski definition) is 1. The summed E-state index contributed by atoms with van der Waals surface area (Å²) >= 11 is 0. The Morgan fingerprint density at radius 3 is 2.78 bits per heavy atom. The highest BCUT2D eigenvalue weighted by Crippen LogP contribution is 2.19. The zero-order valence-corrected chi connectivity index (χ0v) is 11.9. The molecule has 0 bridgehead atoms. The first kappa shape index (κ1) is 14.6. The van der Waals surface area contributed by atoms with Gasteiger partial charge in [0, 0.05) is 11.5 Å². The van der Waals surface area contributed by atoms with E-state index in [4.69, 9.17) is 0 Å². The van der Waals surface area contributed by atoms with E-state index in [1.807, 2.05) is 18.3 Å². The fraction of sp³-hybridized carbons (Fsp3) is 0.412. The highest BCUT2D eigenvalue weighted by Gasteiger charge is 2.05. The van der Waals surface area contributed by atoms with Gasteiger partial charge in [-0.1, -0.05) is 50.6 Å². The Kier molecular flexibility index (Phi) is 6.27. The average molecular weight is 243 g/mol. The summed E-state index contributed by atoms with van der Waals surface area (Å²) < 4.78 is 0. The standard InChI is InChI=1S/C17H25N/c1-5-8-15(7-3)14(4)10-11-16-12-13-18-17(16)9-6-2/h6,9-13,15,18H,2,5,7-8H2,1,3-4H3/b14-10+,16-11-,17-9+. The quantitative estimate of drug-likeness (QED) is 0.786. The molecule has 0 saturated heterocycles. The van der Waals surface area contributed by atoms with Crippen molar-refractivity contribution in [2.45, 2.75) is 40.0 Å². The van der Waals surface area contributed by atoms with Crippen molar-refractivity contribution in [3.63, 3.8) is 0 Å². The number of aromatic nitrogens is 1. The summed E-state index contributed by atoms with van der Waals surface area (Å²) in [5.74, 6) is 0.719. The van der Waals surface area contributed by atoms with E-state index in [2.05, 4.69) is 50.6 Å². The van der Waals surface area contributed by atoms with Crippen molar-refractivity contribution in [1.29, 1.82) is 0 Å². The lowest BCUT2D eigenvalue weighted by Gasteiger charge is -2.13. The molecule has 18 heavy (non-hydrogen) atoms. The number of rotatable bonds is 6. The van der Waals surface area contributed by atoms with E-state index < -0.39 is 0 Å². The van der Waals surface area contributed by atoms with Crippen molar-refractivity contribution < 1.29 is 0 Å². The van der Waals surface area contributed by atoms with Crippen molar-refractivity contribution in [3.8, 4) is 0 Å². The first-order valence-electron chi connectivity index (χ1n) is 6.87. The van der Waals surface area contributed by atoms with Gasteiger partial charge in [0.15, 0.2) is 0 Å². The van der Waals surface area contributed by atoms with E-state index in [0.29, 0.717) is 0 Å². The highest BCUT2D eigenvalue weighted by atomic mass is 14.6. The summed E-state index contributed by atoms with van der Waals surface area (Å²) in [6.07, 6.45) is 14.0. The molecule has 0 fully saturated rings. The minimum absolute atomic E-state index is 0.719. The Labute approximate surface area is 111 Å². The molecular formula is C17H25N. The molecule has 1 heteroatoms. The van der Waals surface area contributed by atoms with Crippen LogP contribution in [0.25, 0.3) is 12.2 Å². The van der Waals surface area contributed by atoms with Crippen LogP contribution in [0.3, 0.4) is 0 Å². The van der Waals surface area contributed by atoms with Gasteiger partial charge in [-0.3, -0.25) is 0 Å². The summed E-state index contributed by atoms with van der Waals surface area (Å²) in [6, 6.07) is 2.10. The molecule has 1 atom stereocenters. The molecule has 0 spiro atoms. The second-order valence-electron chi connectivity index (χ2n) is 4.72. The van der Waals surface area contributed by atoms with Gasteiger partial charge in [0.1, 0.15) is 0 Å². The molecule has 0 amide bonds. The number of hydrogen-bond acceptors (Lipinski definition) is 0. The van der Waals surface area contributed by atoms with Gasteiger partial charge in [-0.2, -0.15) is 0 Å². The number of H-pyrrole nitrogens is 1. The Morgan fingerprint density at radius 1 is 1.39 bits per heavy atom. The van der Waals surface area contributed by atoms with Gasteiger partial charge < -0.3 is 4.98 Å². The molecule has 0 aliphatic heterocycles. The van der Waals surface area contributed by atoms with Crippen molar-refractivity contribution in [2.75, 3.05) is 0 Å². The molecule has 1 N–H and O–H groups in total. The molecule has 0 aliphatic carbocycles. The summed E-state index contributed by atoms with van der Waals surface area (Å²) in [7, 11) is 0. The fourth-order valence-electron chi connectivity index (χ4n) is 2.26. The molecular weight excluding hydrogens is 218 g/mol. The fourth-order valence-corrected chi connectivity index (χ4v) is 2.26. The topological polar surface area (TPSA) is 15.8 Å².